The number of carboxylic acids is 1. The van der Waals surface area contributed by atoms with Gasteiger partial charge in [0.15, 0.2) is 17.6 Å². The van der Waals surface area contributed by atoms with Gasteiger partial charge in [-0.05, 0) is 44.1 Å². The van der Waals surface area contributed by atoms with Gasteiger partial charge in [-0.3, -0.25) is 9.59 Å². The van der Waals surface area contributed by atoms with Crippen molar-refractivity contribution in [1.82, 2.24) is 10.2 Å². The van der Waals surface area contributed by atoms with Crippen LogP contribution < -0.4 is 10.1 Å². The molecule has 5 rings (SSSR count). The largest absolute Gasteiger partial charge is 0.504 e. The fourth-order valence-electron chi connectivity index (χ4n) is 6.11. The highest BCUT2D eigenvalue weighted by molar-refractivity contribution is 5.94. The van der Waals surface area contributed by atoms with Crippen molar-refractivity contribution < 1.29 is 39.2 Å². The van der Waals surface area contributed by atoms with Gasteiger partial charge in [-0.1, -0.05) is 6.07 Å². The number of aliphatic hydroxyl groups is 1. The molecule has 2 aliphatic heterocycles. The van der Waals surface area contributed by atoms with Crippen LogP contribution in [0.4, 0.5) is 0 Å². The van der Waals surface area contributed by atoms with E-state index >= 15 is 0 Å². The minimum Gasteiger partial charge on any atom is -0.504 e. The second-order valence-corrected chi connectivity index (χ2v) is 9.29. The maximum Gasteiger partial charge on any atom is 0.328 e. The predicted octanol–water partition coefficient (Wildman–Crippen LogP) is 0.360. The number of piperidine rings is 1. The van der Waals surface area contributed by atoms with E-state index in [0.717, 1.165) is 23.7 Å². The van der Waals surface area contributed by atoms with E-state index in [0.29, 0.717) is 30.4 Å². The molecule has 4 aliphatic rings. The molecule has 2 heterocycles. The summed E-state index contributed by atoms with van der Waals surface area (Å²) in [4.78, 5) is 36.8. The predicted molar refractivity (Wildman–Crippen MR) is 117 cm³/mol. The lowest BCUT2D eigenvalue weighted by atomic mass is 9.50. The number of esters is 1. The molecule has 1 spiro atoms. The Bertz CT molecular complexity index is 1140. The monoisotopic (exact) mass is 470 g/mol. The number of likely N-dealkylation sites (tertiary alicyclic amines) is 1. The average Bonchev–Trinajstić information content (AvgIpc) is 3.14. The molecule has 2 aliphatic carbocycles. The zero-order valence-corrected chi connectivity index (χ0v) is 18.6. The normalized spacial score (nSPS) is 30.8. The number of carbonyl (C=O) groups excluding carboxylic acids is 2. The lowest BCUT2D eigenvalue weighted by Crippen LogP contribution is -2.74. The van der Waals surface area contributed by atoms with Gasteiger partial charge in [-0.25, -0.2) is 4.79 Å². The van der Waals surface area contributed by atoms with Crippen molar-refractivity contribution >= 4 is 17.8 Å². The number of hydrogen-bond donors (Lipinski definition) is 4. The van der Waals surface area contributed by atoms with E-state index in [1.54, 1.807) is 12.1 Å². The van der Waals surface area contributed by atoms with E-state index < -0.39 is 35.0 Å². The van der Waals surface area contributed by atoms with Gasteiger partial charge in [0.2, 0.25) is 5.91 Å². The number of nitrogens with one attached hydrogen (secondary N) is 1. The van der Waals surface area contributed by atoms with Gasteiger partial charge in [0.1, 0.15) is 5.76 Å². The summed E-state index contributed by atoms with van der Waals surface area (Å²) >= 11 is 0. The second-order valence-electron chi connectivity index (χ2n) is 9.29. The fraction of sp³-hybridized carbons (Fsp3) is 0.458. The topological polar surface area (TPSA) is 146 Å². The average molecular weight is 470 g/mol. The van der Waals surface area contributed by atoms with Crippen LogP contribution in [-0.2, 0) is 31.0 Å². The van der Waals surface area contributed by atoms with Crippen LogP contribution in [0, 0.1) is 0 Å². The maximum absolute atomic E-state index is 12.6. The number of hydrogen-bond acceptors (Lipinski definition) is 8. The van der Waals surface area contributed by atoms with Crippen LogP contribution in [0.5, 0.6) is 11.5 Å². The summed E-state index contributed by atoms with van der Waals surface area (Å²) in [6.07, 6.45) is 3.84. The molecule has 0 aromatic heterocycles. The number of carbonyl (C=O) groups is 3. The van der Waals surface area contributed by atoms with Gasteiger partial charge in [-0.15, -0.1) is 0 Å². The Hall–Kier alpha value is -3.37. The van der Waals surface area contributed by atoms with Crippen molar-refractivity contribution in [2.45, 2.75) is 48.8 Å². The van der Waals surface area contributed by atoms with Crippen LogP contribution >= 0.6 is 0 Å². The number of aliphatic carboxylic acids is 1. The summed E-state index contributed by atoms with van der Waals surface area (Å²) in [5.74, 6) is -1.86. The van der Waals surface area contributed by atoms with Gasteiger partial charge >= 0.3 is 11.9 Å². The number of benzene rings is 1. The number of phenols is 1. The zero-order chi connectivity index (χ0) is 24.3. The molecule has 1 saturated heterocycles. The number of phenolic OH excluding ortho intramolecular Hbond substituents is 1. The zero-order valence-electron chi connectivity index (χ0n) is 18.6. The molecule has 1 fully saturated rings. The fourth-order valence-corrected chi connectivity index (χ4v) is 6.11. The number of aromatic hydroxyl groups is 1. The third kappa shape index (κ3) is 3.13. The number of rotatable bonds is 6. The molecule has 4 N–H and O–H groups in total. The molecule has 0 radical (unpaired) electrons. The summed E-state index contributed by atoms with van der Waals surface area (Å²) in [6, 6.07) is 3.33. The molecule has 10 heteroatoms. The van der Waals surface area contributed by atoms with E-state index in [9.17, 15) is 24.6 Å². The van der Waals surface area contributed by atoms with Crippen molar-refractivity contribution in [3.05, 3.63) is 47.2 Å². The smallest absolute Gasteiger partial charge is 0.328 e. The van der Waals surface area contributed by atoms with E-state index in [-0.39, 0.29) is 31.2 Å². The number of nitrogens with zero attached hydrogens (tertiary/aromatic N) is 1. The molecule has 10 nitrogen and oxygen atoms in total. The Labute approximate surface area is 195 Å². The highest BCUT2D eigenvalue weighted by Crippen LogP contribution is 2.65. The van der Waals surface area contributed by atoms with Crippen molar-refractivity contribution in [1.29, 1.82) is 0 Å². The summed E-state index contributed by atoms with van der Waals surface area (Å²) in [5, 5.41) is 33.5. The summed E-state index contributed by atoms with van der Waals surface area (Å²) in [6.45, 7) is 0.687. The Morgan fingerprint density at radius 1 is 1.32 bits per heavy atom. The lowest BCUT2D eigenvalue weighted by Gasteiger charge is -2.61. The summed E-state index contributed by atoms with van der Waals surface area (Å²) < 4.78 is 11.9. The standard InChI is InChI=1S/C24H26N2O8/c1-26-11-9-23-20-13-2-3-14(27)21(20)34-22(23)15(6-8-24(23,32)16(26)12-13)33-19(31)7-10-25-17(28)4-5-18(29)30/h2-6,16,22,27,32H,7-12H2,1H3,(H,25,28)(H,29,30)/b5-4+/t16-,22+,23+,24-/m1/s1. The van der Waals surface area contributed by atoms with Crippen LogP contribution in [0.15, 0.2) is 36.1 Å². The van der Waals surface area contributed by atoms with Crippen molar-refractivity contribution in [3.8, 4) is 11.5 Å². The highest BCUT2D eigenvalue weighted by atomic mass is 16.6. The van der Waals surface area contributed by atoms with E-state index in [2.05, 4.69) is 10.2 Å². The molecule has 180 valence electrons. The molecule has 0 saturated carbocycles. The summed E-state index contributed by atoms with van der Waals surface area (Å²) in [7, 11) is 1.99. The number of likely N-dealkylation sites (N-methyl/N-ethyl adjacent to an activating group) is 1. The first-order valence-electron chi connectivity index (χ1n) is 11.2. The highest BCUT2D eigenvalue weighted by Gasteiger charge is 2.72. The molecule has 4 atom stereocenters. The SMILES string of the molecule is CN1CC[C@]23c4c5ccc(O)c4O[C@H]2C(OC(=O)CCNC(=O)/C=C/C(=O)O)=CC[C@@]3(O)[C@H]1C5. The van der Waals surface area contributed by atoms with Crippen molar-refractivity contribution in [2.24, 2.45) is 0 Å². The third-order valence-corrected chi connectivity index (χ3v) is 7.59. The Morgan fingerprint density at radius 2 is 2.12 bits per heavy atom. The number of carboxylic acid groups (broad SMARTS) is 1. The van der Waals surface area contributed by atoms with Crippen LogP contribution in [0.1, 0.15) is 30.4 Å². The molecule has 1 aromatic carbocycles. The quantitative estimate of drug-likeness (QED) is 0.342. The van der Waals surface area contributed by atoms with E-state index in [1.807, 2.05) is 13.1 Å². The first kappa shape index (κ1) is 22.4. The first-order valence-corrected chi connectivity index (χ1v) is 11.2. The lowest BCUT2D eigenvalue weighted by molar-refractivity contribution is -0.169. The van der Waals surface area contributed by atoms with E-state index in [4.69, 9.17) is 14.6 Å². The van der Waals surface area contributed by atoms with Gasteiger partial charge in [-0.2, -0.15) is 0 Å². The maximum atomic E-state index is 12.6. The van der Waals surface area contributed by atoms with Gasteiger partial charge in [0.25, 0.3) is 0 Å². The van der Waals surface area contributed by atoms with Crippen molar-refractivity contribution in [3.63, 3.8) is 0 Å². The van der Waals surface area contributed by atoms with Crippen LogP contribution in [-0.4, -0.2) is 75.9 Å². The Kier molecular flexibility index (Phi) is 5.18. The summed E-state index contributed by atoms with van der Waals surface area (Å²) in [5.41, 5.74) is -0.159. The minimum absolute atomic E-state index is 0.00921. The molecular formula is C24H26N2O8. The van der Waals surface area contributed by atoms with Gasteiger partial charge in [0, 0.05) is 36.7 Å². The molecular weight excluding hydrogens is 444 g/mol. The second kappa shape index (κ2) is 7.85. The molecule has 1 amide bonds. The molecule has 34 heavy (non-hydrogen) atoms. The van der Waals surface area contributed by atoms with Crippen LogP contribution in [0.2, 0.25) is 0 Å². The minimum atomic E-state index is -1.25. The Balaban J connectivity index is 1.38. The Morgan fingerprint density at radius 3 is 2.88 bits per heavy atom. The molecule has 1 aromatic rings. The first-order chi connectivity index (χ1) is 16.2. The number of amides is 1. The van der Waals surface area contributed by atoms with Crippen molar-refractivity contribution in [2.75, 3.05) is 20.1 Å². The van der Waals surface area contributed by atoms with E-state index in [1.165, 1.54) is 0 Å². The molecule has 0 unspecified atom stereocenters. The third-order valence-electron chi connectivity index (χ3n) is 7.59. The number of ether oxygens (including phenoxy) is 2. The molecule has 2 bridgehead atoms. The van der Waals surface area contributed by atoms with Gasteiger partial charge in [0.05, 0.1) is 17.4 Å². The van der Waals surface area contributed by atoms with Crippen LogP contribution in [0.3, 0.4) is 0 Å². The van der Waals surface area contributed by atoms with Crippen LogP contribution in [0.25, 0.3) is 0 Å². The van der Waals surface area contributed by atoms with Gasteiger partial charge < -0.3 is 35.0 Å².